The van der Waals surface area contributed by atoms with Crippen LogP contribution in [-0.2, 0) is 9.53 Å². The maximum absolute atomic E-state index is 14.5. The molecule has 3 rings (SSSR count). The van der Waals surface area contributed by atoms with Crippen LogP contribution in [0.15, 0.2) is 60.7 Å². The largest absolute Gasteiger partial charge is 0.471 e. The highest BCUT2D eigenvalue weighted by Crippen LogP contribution is 2.35. The Balaban J connectivity index is 2.14. The topological polar surface area (TPSA) is 55.4 Å². The van der Waals surface area contributed by atoms with E-state index in [1.807, 2.05) is 5.32 Å². The Bertz CT molecular complexity index is 1160. The van der Waals surface area contributed by atoms with E-state index in [4.69, 9.17) is 4.74 Å². The molecule has 1 N–H and O–H groups in total. The molecule has 4 nitrogen and oxygen atoms in total. The summed E-state index contributed by atoms with van der Waals surface area (Å²) in [4.78, 5) is 23.6. The van der Waals surface area contributed by atoms with E-state index in [0.29, 0.717) is 16.7 Å². The van der Waals surface area contributed by atoms with Gasteiger partial charge in [-0.1, -0.05) is 30.3 Å². The average Bonchev–Trinajstić information content (AvgIpc) is 2.72. The van der Waals surface area contributed by atoms with E-state index in [0.717, 1.165) is 6.07 Å². The first-order chi connectivity index (χ1) is 14.6. The summed E-state index contributed by atoms with van der Waals surface area (Å²) in [5, 5.41) is 1.85. The number of amides is 1. The average molecular weight is 431 g/mol. The van der Waals surface area contributed by atoms with Crippen LogP contribution in [0.2, 0.25) is 0 Å². The number of nitrogens with one attached hydrogen (secondary N) is 1. The highest BCUT2D eigenvalue weighted by molar-refractivity contribution is 6.00. The molecule has 3 aromatic rings. The lowest BCUT2D eigenvalue weighted by Crippen LogP contribution is -2.30. The number of anilines is 1. The zero-order valence-corrected chi connectivity index (χ0v) is 16.5. The van der Waals surface area contributed by atoms with Crippen molar-refractivity contribution >= 4 is 17.6 Å². The normalized spacial score (nSPS) is 11.2. The monoisotopic (exact) mass is 431 g/mol. The van der Waals surface area contributed by atoms with Gasteiger partial charge < -0.3 is 10.1 Å². The number of benzene rings is 3. The number of halogens is 4. The first kappa shape index (κ1) is 22.0. The minimum absolute atomic E-state index is 0.111. The van der Waals surface area contributed by atoms with Crippen LogP contribution in [0, 0.1) is 12.7 Å². The van der Waals surface area contributed by atoms with Crippen molar-refractivity contribution < 1.29 is 31.9 Å². The predicted molar refractivity (Wildman–Crippen MR) is 108 cm³/mol. The molecular formula is C23H17F4NO3. The molecule has 0 atom stereocenters. The third-order valence-electron chi connectivity index (χ3n) is 4.53. The molecular weight excluding hydrogens is 414 g/mol. The maximum Gasteiger partial charge on any atom is 0.471 e. The van der Waals surface area contributed by atoms with Crippen molar-refractivity contribution in [2.75, 3.05) is 12.4 Å². The number of carbonyl (C=O) groups excluding carboxylic acids is 2. The Hall–Kier alpha value is -3.68. The van der Waals surface area contributed by atoms with Crippen molar-refractivity contribution in [3.05, 3.63) is 77.6 Å². The molecule has 1 amide bonds. The number of esters is 1. The minimum atomic E-state index is -5.08. The third-order valence-corrected chi connectivity index (χ3v) is 4.53. The van der Waals surface area contributed by atoms with Gasteiger partial charge in [0.25, 0.3) is 0 Å². The van der Waals surface area contributed by atoms with Gasteiger partial charge in [-0.05, 0) is 59.5 Å². The molecule has 0 heterocycles. The van der Waals surface area contributed by atoms with Crippen molar-refractivity contribution in [1.82, 2.24) is 0 Å². The summed E-state index contributed by atoms with van der Waals surface area (Å²) in [7, 11) is 1.22. The van der Waals surface area contributed by atoms with Gasteiger partial charge in [-0.3, -0.25) is 4.79 Å². The molecule has 0 fully saturated rings. The van der Waals surface area contributed by atoms with Gasteiger partial charge in [0.1, 0.15) is 5.82 Å². The molecule has 3 aromatic carbocycles. The van der Waals surface area contributed by atoms with Gasteiger partial charge in [0.05, 0.1) is 12.7 Å². The molecule has 160 valence electrons. The molecule has 0 aromatic heterocycles. The summed E-state index contributed by atoms with van der Waals surface area (Å²) < 4.78 is 57.5. The molecule has 0 aliphatic carbocycles. The molecule has 0 radical (unpaired) electrons. The van der Waals surface area contributed by atoms with Crippen molar-refractivity contribution in [2.24, 2.45) is 0 Å². The molecule has 0 unspecified atom stereocenters. The smallest absolute Gasteiger partial charge is 0.465 e. The Morgan fingerprint density at radius 1 is 0.903 bits per heavy atom. The van der Waals surface area contributed by atoms with E-state index in [1.165, 1.54) is 37.4 Å². The standard InChI is InChI=1S/C23H17F4NO3/c1-13-7-8-18(20(9-13)28-22(30)23(25,26)27)15-10-14(11-16(24)12-15)17-5-3-4-6-19(17)21(29)31-2/h3-12H,1-2H3,(H,28,30). The lowest BCUT2D eigenvalue weighted by atomic mass is 9.94. The second-order valence-corrected chi connectivity index (χ2v) is 6.77. The van der Waals surface area contributed by atoms with Crippen LogP contribution in [0.5, 0.6) is 0 Å². The number of aryl methyl sites for hydroxylation is 1. The van der Waals surface area contributed by atoms with E-state index in [9.17, 15) is 27.2 Å². The number of carbonyl (C=O) groups is 2. The van der Waals surface area contributed by atoms with Crippen LogP contribution >= 0.6 is 0 Å². The number of rotatable bonds is 4. The molecule has 31 heavy (non-hydrogen) atoms. The lowest BCUT2D eigenvalue weighted by molar-refractivity contribution is -0.167. The number of ether oxygens (including phenoxy) is 1. The Morgan fingerprint density at radius 2 is 1.55 bits per heavy atom. The van der Waals surface area contributed by atoms with Crippen molar-refractivity contribution in [2.45, 2.75) is 13.1 Å². The summed E-state index contributed by atoms with van der Waals surface area (Å²) >= 11 is 0. The van der Waals surface area contributed by atoms with Crippen molar-refractivity contribution in [3.63, 3.8) is 0 Å². The molecule has 0 saturated carbocycles. The molecule has 0 saturated heterocycles. The first-order valence-corrected chi connectivity index (χ1v) is 9.07. The van der Waals surface area contributed by atoms with E-state index in [-0.39, 0.29) is 22.4 Å². The quantitative estimate of drug-likeness (QED) is 0.422. The third kappa shape index (κ3) is 4.91. The fourth-order valence-corrected chi connectivity index (χ4v) is 3.13. The van der Waals surface area contributed by atoms with Gasteiger partial charge >= 0.3 is 18.1 Å². The highest BCUT2D eigenvalue weighted by atomic mass is 19.4. The second-order valence-electron chi connectivity index (χ2n) is 6.77. The minimum Gasteiger partial charge on any atom is -0.465 e. The molecule has 0 spiro atoms. The number of methoxy groups -OCH3 is 1. The SMILES string of the molecule is COC(=O)c1ccccc1-c1cc(F)cc(-c2ccc(C)cc2NC(=O)C(F)(F)F)c1. The van der Waals surface area contributed by atoms with Crippen LogP contribution in [0.25, 0.3) is 22.3 Å². The molecule has 8 heteroatoms. The van der Waals surface area contributed by atoms with Crippen LogP contribution in [0.1, 0.15) is 15.9 Å². The zero-order chi connectivity index (χ0) is 22.8. The van der Waals surface area contributed by atoms with Crippen LogP contribution in [0.3, 0.4) is 0 Å². The number of hydrogen-bond acceptors (Lipinski definition) is 3. The predicted octanol–water partition coefficient (Wildman–Crippen LogP) is 5.76. The fraction of sp³-hybridized carbons (Fsp3) is 0.130. The van der Waals surface area contributed by atoms with Crippen molar-refractivity contribution in [3.8, 4) is 22.3 Å². The number of alkyl halides is 3. The second kappa shape index (κ2) is 8.59. The van der Waals surface area contributed by atoms with Gasteiger partial charge in [-0.25, -0.2) is 9.18 Å². The number of hydrogen-bond donors (Lipinski definition) is 1. The van der Waals surface area contributed by atoms with E-state index in [2.05, 4.69) is 0 Å². The summed E-state index contributed by atoms with van der Waals surface area (Å²) in [6, 6.07) is 14.8. The van der Waals surface area contributed by atoms with E-state index >= 15 is 0 Å². The van der Waals surface area contributed by atoms with Gasteiger partial charge in [-0.15, -0.1) is 0 Å². The van der Waals surface area contributed by atoms with Crippen LogP contribution in [0.4, 0.5) is 23.2 Å². The highest BCUT2D eigenvalue weighted by Gasteiger charge is 2.39. The summed E-state index contributed by atoms with van der Waals surface area (Å²) in [5.74, 6) is -3.41. The van der Waals surface area contributed by atoms with Gasteiger partial charge in [0.15, 0.2) is 0 Å². The van der Waals surface area contributed by atoms with Crippen LogP contribution in [-0.4, -0.2) is 25.2 Å². The summed E-state index contributed by atoms with van der Waals surface area (Å²) in [6.07, 6.45) is -5.08. The van der Waals surface area contributed by atoms with E-state index in [1.54, 1.807) is 31.2 Å². The molecule has 0 bridgehead atoms. The van der Waals surface area contributed by atoms with Crippen molar-refractivity contribution in [1.29, 1.82) is 0 Å². The molecule has 0 aliphatic heterocycles. The fourth-order valence-electron chi connectivity index (χ4n) is 3.13. The zero-order valence-electron chi connectivity index (χ0n) is 16.5. The Morgan fingerprint density at radius 3 is 2.19 bits per heavy atom. The molecule has 0 aliphatic rings. The summed E-state index contributed by atoms with van der Waals surface area (Å²) in [6.45, 7) is 1.65. The van der Waals surface area contributed by atoms with Gasteiger partial charge in [0.2, 0.25) is 0 Å². The van der Waals surface area contributed by atoms with Gasteiger partial charge in [0, 0.05) is 11.3 Å². The van der Waals surface area contributed by atoms with Crippen LogP contribution < -0.4 is 5.32 Å². The lowest BCUT2D eigenvalue weighted by Gasteiger charge is -2.15. The Labute approximate surface area is 175 Å². The summed E-state index contributed by atoms with van der Waals surface area (Å²) in [5.41, 5.74) is 1.84. The van der Waals surface area contributed by atoms with Gasteiger partial charge in [-0.2, -0.15) is 13.2 Å². The first-order valence-electron chi connectivity index (χ1n) is 9.07. The maximum atomic E-state index is 14.5. The Kier molecular flexibility index (Phi) is 6.10. The van der Waals surface area contributed by atoms with E-state index < -0.39 is 23.9 Å².